The second-order valence-electron chi connectivity index (χ2n) is 5.10. The van der Waals surface area contributed by atoms with Crippen LogP contribution in [0.4, 0.5) is 0 Å². The molecule has 90 valence electrons. The van der Waals surface area contributed by atoms with Crippen LogP contribution in [0.15, 0.2) is 12.1 Å². The zero-order valence-electron chi connectivity index (χ0n) is 10.4. The number of fused-ring (bicyclic) bond motifs is 1. The highest BCUT2D eigenvalue weighted by atomic mass is 32.1. The van der Waals surface area contributed by atoms with Gasteiger partial charge in [-0.15, -0.1) is 11.3 Å². The molecule has 1 atom stereocenters. The first-order valence-electron chi connectivity index (χ1n) is 6.30. The molecule has 2 heterocycles. The number of hydrogen-bond acceptors (Lipinski definition) is 3. The molecule has 0 saturated carbocycles. The van der Waals surface area contributed by atoms with Gasteiger partial charge in [0, 0.05) is 6.42 Å². The summed E-state index contributed by atoms with van der Waals surface area (Å²) in [5.41, 5.74) is 3.86. The lowest BCUT2D eigenvalue weighted by Gasteiger charge is -2.03. The monoisotopic (exact) mass is 246 g/mol. The SMILES string of the molecule is Cc1cc(C)c2nc(CC3CCNC3)sc2c1. The predicted molar refractivity (Wildman–Crippen MR) is 73.8 cm³/mol. The van der Waals surface area contributed by atoms with E-state index >= 15 is 0 Å². The molecule has 3 heteroatoms. The first-order valence-corrected chi connectivity index (χ1v) is 7.11. The molecule has 1 unspecified atom stereocenters. The Morgan fingerprint density at radius 1 is 1.41 bits per heavy atom. The van der Waals surface area contributed by atoms with Crippen molar-refractivity contribution in [2.45, 2.75) is 26.7 Å². The van der Waals surface area contributed by atoms with E-state index in [9.17, 15) is 0 Å². The van der Waals surface area contributed by atoms with Gasteiger partial charge in [-0.2, -0.15) is 0 Å². The molecule has 0 spiro atoms. The molecule has 3 rings (SSSR count). The number of thiazole rings is 1. The average Bonchev–Trinajstić information content (AvgIpc) is 2.87. The topological polar surface area (TPSA) is 24.9 Å². The molecule has 0 aliphatic carbocycles. The second kappa shape index (κ2) is 4.39. The van der Waals surface area contributed by atoms with Crippen LogP contribution in [0.1, 0.15) is 22.6 Å². The molecular formula is C14H18N2S. The van der Waals surface area contributed by atoms with Crippen LogP contribution in [0.25, 0.3) is 10.2 Å². The van der Waals surface area contributed by atoms with Crippen LogP contribution in [-0.4, -0.2) is 18.1 Å². The van der Waals surface area contributed by atoms with E-state index in [0.29, 0.717) is 0 Å². The molecule has 0 bridgehead atoms. The van der Waals surface area contributed by atoms with E-state index in [2.05, 4.69) is 31.3 Å². The highest BCUT2D eigenvalue weighted by molar-refractivity contribution is 7.18. The molecule has 0 radical (unpaired) electrons. The molecule has 1 saturated heterocycles. The van der Waals surface area contributed by atoms with E-state index in [1.54, 1.807) is 0 Å². The fourth-order valence-electron chi connectivity index (χ4n) is 2.64. The lowest BCUT2D eigenvalue weighted by Crippen LogP contribution is -2.10. The molecule has 2 nitrogen and oxygen atoms in total. The van der Waals surface area contributed by atoms with Crippen LogP contribution in [0.2, 0.25) is 0 Å². The van der Waals surface area contributed by atoms with E-state index < -0.39 is 0 Å². The minimum Gasteiger partial charge on any atom is -0.316 e. The van der Waals surface area contributed by atoms with Crippen LogP contribution in [0, 0.1) is 19.8 Å². The number of nitrogens with zero attached hydrogens (tertiary/aromatic N) is 1. The Kier molecular flexibility index (Phi) is 2.89. The lowest BCUT2D eigenvalue weighted by atomic mass is 10.1. The van der Waals surface area contributed by atoms with Crippen LogP contribution < -0.4 is 5.32 Å². The van der Waals surface area contributed by atoms with Crippen molar-refractivity contribution in [3.63, 3.8) is 0 Å². The fraction of sp³-hybridized carbons (Fsp3) is 0.500. The van der Waals surface area contributed by atoms with Gasteiger partial charge in [0.25, 0.3) is 0 Å². The van der Waals surface area contributed by atoms with Gasteiger partial charge in [0.05, 0.1) is 15.2 Å². The average molecular weight is 246 g/mol. The van der Waals surface area contributed by atoms with Crippen molar-refractivity contribution in [2.75, 3.05) is 13.1 Å². The Labute approximate surface area is 106 Å². The summed E-state index contributed by atoms with van der Waals surface area (Å²) in [6, 6.07) is 4.49. The summed E-state index contributed by atoms with van der Waals surface area (Å²) >= 11 is 1.87. The quantitative estimate of drug-likeness (QED) is 0.881. The largest absolute Gasteiger partial charge is 0.316 e. The number of nitrogens with one attached hydrogen (secondary N) is 1. The van der Waals surface area contributed by atoms with E-state index in [-0.39, 0.29) is 0 Å². The van der Waals surface area contributed by atoms with Crippen molar-refractivity contribution in [3.05, 3.63) is 28.3 Å². The van der Waals surface area contributed by atoms with Crippen molar-refractivity contribution < 1.29 is 0 Å². The molecule has 1 fully saturated rings. The molecule has 0 amide bonds. The summed E-state index contributed by atoms with van der Waals surface area (Å²) in [7, 11) is 0. The van der Waals surface area contributed by atoms with E-state index in [1.165, 1.54) is 39.3 Å². The van der Waals surface area contributed by atoms with E-state index in [0.717, 1.165) is 18.9 Å². The highest BCUT2D eigenvalue weighted by Crippen LogP contribution is 2.28. The summed E-state index contributed by atoms with van der Waals surface area (Å²) in [6.07, 6.45) is 2.44. The first kappa shape index (κ1) is 11.2. The Hall–Kier alpha value is -0.930. The van der Waals surface area contributed by atoms with Crippen LogP contribution in [0.3, 0.4) is 0 Å². The minimum atomic E-state index is 0.789. The summed E-state index contributed by atoms with van der Waals surface area (Å²) in [5.74, 6) is 0.789. The smallest absolute Gasteiger partial charge is 0.0942 e. The number of aromatic nitrogens is 1. The molecule has 1 aromatic heterocycles. The summed E-state index contributed by atoms with van der Waals surface area (Å²) in [4.78, 5) is 4.81. The Bertz CT molecular complexity index is 538. The van der Waals surface area contributed by atoms with Crippen molar-refractivity contribution >= 4 is 21.6 Å². The molecule has 1 aliphatic heterocycles. The maximum Gasteiger partial charge on any atom is 0.0942 e. The zero-order valence-corrected chi connectivity index (χ0v) is 11.2. The summed E-state index contributed by atoms with van der Waals surface area (Å²) in [5, 5.41) is 4.73. The fourth-order valence-corrected chi connectivity index (χ4v) is 3.90. The van der Waals surface area contributed by atoms with Crippen molar-refractivity contribution in [1.82, 2.24) is 10.3 Å². The third-order valence-electron chi connectivity index (χ3n) is 3.50. The minimum absolute atomic E-state index is 0.789. The molecule has 1 aromatic carbocycles. The standard InChI is InChI=1S/C14H18N2S/c1-9-5-10(2)14-12(6-9)17-13(16-14)7-11-3-4-15-8-11/h5-6,11,15H,3-4,7-8H2,1-2H3. The van der Waals surface area contributed by atoms with Gasteiger partial charge in [-0.05, 0) is 56.5 Å². The second-order valence-corrected chi connectivity index (χ2v) is 6.21. The summed E-state index contributed by atoms with van der Waals surface area (Å²) < 4.78 is 1.35. The van der Waals surface area contributed by atoms with Gasteiger partial charge in [0.15, 0.2) is 0 Å². The van der Waals surface area contributed by atoms with Gasteiger partial charge >= 0.3 is 0 Å². The Morgan fingerprint density at radius 3 is 3.06 bits per heavy atom. The van der Waals surface area contributed by atoms with Crippen molar-refractivity contribution in [2.24, 2.45) is 5.92 Å². The highest BCUT2D eigenvalue weighted by Gasteiger charge is 2.17. The third-order valence-corrected chi connectivity index (χ3v) is 4.52. The molecule has 1 aliphatic rings. The van der Waals surface area contributed by atoms with Gasteiger partial charge in [-0.25, -0.2) is 4.98 Å². The predicted octanol–water partition coefficient (Wildman–Crippen LogP) is 3.07. The molecule has 1 N–H and O–H groups in total. The molecule has 17 heavy (non-hydrogen) atoms. The van der Waals surface area contributed by atoms with Gasteiger partial charge in [-0.1, -0.05) is 6.07 Å². The normalized spacial score (nSPS) is 20.2. The Balaban J connectivity index is 1.93. The third kappa shape index (κ3) is 2.22. The van der Waals surface area contributed by atoms with Crippen molar-refractivity contribution in [3.8, 4) is 0 Å². The maximum absolute atomic E-state index is 4.81. The van der Waals surface area contributed by atoms with Gasteiger partial charge in [0.1, 0.15) is 0 Å². The number of benzene rings is 1. The number of hydrogen-bond donors (Lipinski definition) is 1. The first-order chi connectivity index (χ1) is 8.22. The van der Waals surface area contributed by atoms with E-state index in [1.807, 2.05) is 11.3 Å². The van der Waals surface area contributed by atoms with Gasteiger partial charge in [0.2, 0.25) is 0 Å². The van der Waals surface area contributed by atoms with Gasteiger partial charge < -0.3 is 5.32 Å². The molecular weight excluding hydrogens is 228 g/mol. The van der Waals surface area contributed by atoms with Crippen LogP contribution in [0.5, 0.6) is 0 Å². The van der Waals surface area contributed by atoms with Crippen molar-refractivity contribution in [1.29, 1.82) is 0 Å². The van der Waals surface area contributed by atoms with Crippen LogP contribution in [-0.2, 0) is 6.42 Å². The van der Waals surface area contributed by atoms with Crippen LogP contribution >= 0.6 is 11.3 Å². The zero-order chi connectivity index (χ0) is 11.8. The summed E-state index contributed by atoms with van der Waals surface area (Å²) in [6.45, 7) is 6.66. The maximum atomic E-state index is 4.81. The molecule has 2 aromatic rings. The Morgan fingerprint density at radius 2 is 2.29 bits per heavy atom. The number of aryl methyl sites for hydroxylation is 2. The lowest BCUT2D eigenvalue weighted by molar-refractivity contribution is 0.579. The van der Waals surface area contributed by atoms with Gasteiger partial charge in [-0.3, -0.25) is 0 Å². The van der Waals surface area contributed by atoms with E-state index in [4.69, 9.17) is 4.98 Å². The number of rotatable bonds is 2.